The van der Waals surface area contributed by atoms with Crippen molar-refractivity contribution in [3.63, 3.8) is 0 Å². The van der Waals surface area contributed by atoms with Crippen molar-refractivity contribution in [1.29, 1.82) is 0 Å². The van der Waals surface area contributed by atoms with Crippen LogP contribution < -0.4 is 4.74 Å². The molecule has 4 heteroatoms. The molecule has 0 spiro atoms. The lowest BCUT2D eigenvalue weighted by Crippen LogP contribution is -2.35. The van der Waals surface area contributed by atoms with Gasteiger partial charge in [0.15, 0.2) is 5.82 Å². The molecule has 1 aromatic heterocycles. The molecule has 0 radical (unpaired) electrons. The Kier molecular flexibility index (Phi) is 5.24. The van der Waals surface area contributed by atoms with Crippen molar-refractivity contribution < 1.29 is 4.74 Å². The molecule has 0 amide bonds. The highest BCUT2D eigenvalue weighted by Crippen LogP contribution is 2.48. The molecule has 1 saturated carbocycles. The van der Waals surface area contributed by atoms with E-state index in [0.717, 1.165) is 36.0 Å². The number of nitrogens with zero attached hydrogens (tertiary/aromatic N) is 3. The second kappa shape index (κ2) is 7.53. The summed E-state index contributed by atoms with van der Waals surface area (Å²) in [5.41, 5.74) is 3.07. The summed E-state index contributed by atoms with van der Waals surface area (Å²) >= 11 is 0. The van der Waals surface area contributed by atoms with Gasteiger partial charge in [-0.3, -0.25) is 0 Å². The van der Waals surface area contributed by atoms with Gasteiger partial charge in [-0.05, 0) is 61.3 Å². The zero-order valence-electron chi connectivity index (χ0n) is 18.1. The van der Waals surface area contributed by atoms with Crippen molar-refractivity contribution in [3.05, 3.63) is 29.6 Å². The van der Waals surface area contributed by atoms with E-state index in [-0.39, 0.29) is 5.41 Å². The third kappa shape index (κ3) is 3.58. The molecular weight excluding hydrogens is 346 g/mol. The second-order valence-corrected chi connectivity index (χ2v) is 9.66. The average Bonchev–Trinajstić information content (AvgIpc) is 3.31. The molecule has 28 heavy (non-hydrogen) atoms. The Bertz CT molecular complexity index is 830. The first-order valence-electron chi connectivity index (χ1n) is 11.1. The van der Waals surface area contributed by atoms with Crippen molar-refractivity contribution >= 4 is 0 Å². The van der Waals surface area contributed by atoms with E-state index in [4.69, 9.17) is 4.74 Å². The van der Waals surface area contributed by atoms with E-state index in [9.17, 15) is 0 Å². The number of ether oxygens (including phenoxy) is 1. The zero-order valence-corrected chi connectivity index (χ0v) is 18.1. The topological polar surface area (TPSA) is 39.9 Å². The summed E-state index contributed by atoms with van der Waals surface area (Å²) in [5, 5.41) is 9.29. The first-order valence-corrected chi connectivity index (χ1v) is 11.1. The summed E-state index contributed by atoms with van der Waals surface area (Å²) in [6.45, 7) is 7.97. The van der Waals surface area contributed by atoms with Crippen LogP contribution in [0.2, 0.25) is 0 Å². The fraction of sp³-hybridized carbons (Fsp3) is 0.667. The van der Waals surface area contributed by atoms with E-state index < -0.39 is 0 Å². The maximum Gasteiger partial charge on any atom is 0.163 e. The molecule has 1 fully saturated rings. The molecule has 0 atom stereocenters. The molecule has 1 aliphatic heterocycles. The van der Waals surface area contributed by atoms with Crippen LogP contribution in [0.4, 0.5) is 0 Å². The van der Waals surface area contributed by atoms with E-state index in [1.54, 1.807) is 0 Å². The van der Waals surface area contributed by atoms with Gasteiger partial charge < -0.3 is 9.30 Å². The van der Waals surface area contributed by atoms with Gasteiger partial charge in [0, 0.05) is 24.4 Å². The van der Waals surface area contributed by atoms with Gasteiger partial charge in [-0.25, -0.2) is 0 Å². The van der Waals surface area contributed by atoms with Gasteiger partial charge in [-0.2, -0.15) is 0 Å². The van der Waals surface area contributed by atoms with Crippen LogP contribution in [0.1, 0.15) is 83.5 Å². The van der Waals surface area contributed by atoms with Crippen LogP contribution >= 0.6 is 0 Å². The van der Waals surface area contributed by atoms with E-state index in [0.29, 0.717) is 5.41 Å². The predicted molar refractivity (Wildman–Crippen MR) is 114 cm³/mol. The third-order valence-electron chi connectivity index (χ3n) is 7.31. The molecule has 2 aliphatic rings. The Morgan fingerprint density at radius 3 is 2.61 bits per heavy atom. The number of rotatable bonds is 6. The van der Waals surface area contributed by atoms with Crippen LogP contribution in [0.25, 0.3) is 11.4 Å². The maximum atomic E-state index is 5.65. The summed E-state index contributed by atoms with van der Waals surface area (Å²) < 4.78 is 7.88. The first-order chi connectivity index (χ1) is 13.4. The highest BCUT2D eigenvalue weighted by molar-refractivity contribution is 5.60. The molecule has 0 bridgehead atoms. The maximum absolute atomic E-state index is 5.65. The Morgan fingerprint density at radius 1 is 1.07 bits per heavy atom. The Labute approximate surface area is 169 Å². The molecule has 2 aromatic rings. The number of hydrogen-bond donors (Lipinski definition) is 0. The summed E-state index contributed by atoms with van der Waals surface area (Å²) in [5.74, 6) is 3.14. The standard InChI is InChI=1S/C24H35N3O/c1-5-6-7-11-23(2)12-14-24(3,15-13-23)22-26-25-21(27(22)4)19-8-9-20-18(17-19)10-16-28-20/h8-9,17H,5-7,10-16H2,1-4H3. The molecule has 0 N–H and O–H groups in total. The third-order valence-corrected chi connectivity index (χ3v) is 7.31. The summed E-state index contributed by atoms with van der Waals surface area (Å²) in [4.78, 5) is 0. The quantitative estimate of drug-likeness (QED) is 0.591. The SMILES string of the molecule is CCCCCC1(C)CCC(C)(c2nnc(-c3ccc4c(c3)CCO4)n2C)CC1. The summed E-state index contributed by atoms with van der Waals surface area (Å²) in [7, 11) is 2.13. The lowest BCUT2D eigenvalue weighted by Gasteiger charge is -2.42. The number of aromatic nitrogens is 3. The zero-order chi connectivity index (χ0) is 19.8. The van der Waals surface area contributed by atoms with Gasteiger partial charge in [-0.15, -0.1) is 10.2 Å². The predicted octanol–water partition coefficient (Wildman–Crippen LogP) is 5.84. The molecule has 1 aliphatic carbocycles. The minimum absolute atomic E-state index is 0.129. The van der Waals surface area contributed by atoms with E-state index in [1.807, 2.05) is 0 Å². The number of unbranched alkanes of at least 4 members (excludes halogenated alkanes) is 2. The lowest BCUT2D eigenvalue weighted by molar-refractivity contribution is 0.132. The minimum atomic E-state index is 0.129. The Morgan fingerprint density at radius 2 is 1.86 bits per heavy atom. The normalized spacial score (nSPS) is 26.9. The Balaban J connectivity index is 1.51. The minimum Gasteiger partial charge on any atom is -0.493 e. The van der Waals surface area contributed by atoms with Crippen molar-refractivity contribution in [2.75, 3.05) is 6.61 Å². The van der Waals surface area contributed by atoms with Crippen LogP contribution in [0.5, 0.6) is 5.75 Å². The van der Waals surface area contributed by atoms with Gasteiger partial charge in [-0.1, -0.05) is 40.0 Å². The van der Waals surface area contributed by atoms with Crippen LogP contribution in [0, 0.1) is 5.41 Å². The largest absolute Gasteiger partial charge is 0.493 e. The second-order valence-electron chi connectivity index (χ2n) is 9.66. The van der Waals surface area contributed by atoms with Crippen molar-refractivity contribution in [2.24, 2.45) is 12.5 Å². The molecule has 0 saturated heterocycles. The summed E-state index contributed by atoms with van der Waals surface area (Å²) in [6.07, 6.45) is 11.4. The molecule has 2 heterocycles. The van der Waals surface area contributed by atoms with Crippen LogP contribution in [-0.4, -0.2) is 21.4 Å². The number of fused-ring (bicyclic) bond motifs is 1. The van der Waals surface area contributed by atoms with Crippen molar-refractivity contribution in [3.8, 4) is 17.1 Å². The Hall–Kier alpha value is -1.84. The van der Waals surface area contributed by atoms with E-state index in [2.05, 4.69) is 60.8 Å². The molecule has 4 rings (SSSR count). The highest BCUT2D eigenvalue weighted by Gasteiger charge is 2.41. The van der Waals surface area contributed by atoms with Gasteiger partial charge in [0.2, 0.25) is 0 Å². The van der Waals surface area contributed by atoms with Gasteiger partial charge >= 0.3 is 0 Å². The van der Waals surface area contributed by atoms with Crippen molar-refractivity contribution in [2.45, 2.75) is 84.0 Å². The number of benzene rings is 1. The summed E-state index contributed by atoms with van der Waals surface area (Å²) in [6, 6.07) is 6.42. The first kappa shape index (κ1) is 19.5. The van der Waals surface area contributed by atoms with Gasteiger partial charge in [0.1, 0.15) is 11.6 Å². The van der Waals surface area contributed by atoms with Crippen LogP contribution in [0.3, 0.4) is 0 Å². The molecular formula is C24H35N3O. The van der Waals surface area contributed by atoms with Crippen molar-refractivity contribution in [1.82, 2.24) is 14.8 Å². The van der Waals surface area contributed by atoms with E-state index >= 15 is 0 Å². The highest BCUT2D eigenvalue weighted by atomic mass is 16.5. The smallest absolute Gasteiger partial charge is 0.163 e. The molecule has 1 aromatic carbocycles. The van der Waals surface area contributed by atoms with Crippen LogP contribution in [0.15, 0.2) is 18.2 Å². The molecule has 152 valence electrons. The lowest BCUT2D eigenvalue weighted by atomic mass is 9.63. The van der Waals surface area contributed by atoms with Gasteiger partial charge in [0.05, 0.1) is 6.61 Å². The molecule has 4 nitrogen and oxygen atoms in total. The van der Waals surface area contributed by atoms with Crippen LogP contribution in [-0.2, 0) is 18.9 Å². The number of hydrogen-bond acceptors (Lipinski definition) is 3. The van der Waals surface area contributed by atoms with E-state index in [1.165, 1.54) is 56.9 Å². The monoisotopic (exact) mass is 381 g/mol. The average molecular weight is 382 g/mol. The fourth-order valence-corrected chi connectivity index (χ4v) is 5.11. The fourth-order valence-electron chi connectivity index (χ4n) is 5.11. The molecule has 0 unspecified atom stereocenters. The van der Waals surface area contributed by atoms with Gasteiger partial charge in [0.25, 0.3) is 0 Å².